The van der Waals surface area contributed by atoms with Gasteiger partial charge in [-0.05, 0) is 38.1 Å². The molecule has 0 bridgehead atoms. The van der Waals surface area contributed by atoms with Gasteiger partial charge in [-0.2, -0.15) is 18.3 Å². The second-order valence-electron chi connectivity index (χ2n) is 8.06. The second kappa shape index (κ2) is 8.22. The van der Waals surface area contributed by atoms with Crippen molar-refractivity contribution < 1.29 is 13.2 Å². The molecule has 0 spiro atoms. The smallest absolute Gasteiger partial charge is 0.399 e. The highest BCUT2D eigenvalue weighted by Crippen LogP contribution is 2.31. The molecular formula is C22H25F3N6. The van der Waals surface area contributed by atoms with E-state index in [4.69, 9.17) is 5.73 Å². The molecule has 3 aromatic rings. The highest BCUT2D eigenvalue weighted by Gasteiger charge is 2.33. The summed E-state index contributed by atoms with van der Waals surface area (Å²) in [6.07, 6.45) is -1.56. The minimum Gasteiger partial charge on any atom is -0.399 e. The molecule has 0 aliphatic carbocycles. The van der Waals surface area contributed by atoms with E-state index in [1.165, 1.54) is 6.07 Å². The number of hydrogen-bond acceptors (Lipinski definition) is 5. The molecule has 2 aromatic heterocycles. The van der Waals surface area contributed by atoms with Gasteiger partial charge in [-0.1, -0.05) is 12.1 Å². The first-order valence-electron chi connectivity index (χ1n) is 10.1. The first-order valence-corrected chi connectivity index (χ1v) is 10.1. The summed E-state index contributed by atoms with van der Waals surface area (Å²) in [5.74, 6) is 0.567. The monoisotopic (exact) mass is 430 g/mol. The third kappa shape index (κ3) is 4.51. The van der Waals surface area contributed by atoms with Gasteiger partial charge in [-0.3, -0.25) is 10.00 Å². The van der Waals surface area contributed by atoms with Crippen molar-refractivity contribution in [3.63, 3.8) is 0 Å². The number of halogens is 3. The lowest BCUT2D eigenvalue weighted by atomic mass is 10.0. The van der Waals surface area contributed by atoms with E-state index in [-0.39, 0.29) is 12.1 Å². The van der Waals surface area contributed by atoms with E-state index in [0.29, 0.717) is 18.1 Å². The van der Waals surface area contributed by atoms with Crippen LogP contribution in [-0.4, -0.2) is 45.3 Å². The van der Waals surface area contributed by atoms with Crippen LogP contribution in [0.25, 0.3) is 11.3 Å². The van der Waals surface area contributed by atoms with Crippen molar-refractivity contribution in [3.8, 4) is 11.3 Å². The van der Waals surface area contributed by atoms with E-state index in [0.717, 1.165) is 42.2 Å². The Morgan fingerprint density at radius 3 is 2.45 bits per heavy atom. The topological polar surface area (TPSA) is 74.1 Å². The highest BCUT2D eigenvalue weighted by atomic mass is 19.4. The number of anilines is 2. The molecule has 1 aliphatic rings. The number of pyridine rings is 1. The van der Waals surface area contributed by atoms with E-state index < -0.39 is 11.7 Å². The number of alkyl halides is 3. The van der Waals surface area contributed by atoms with Crippen LogP contribution >= 0.6 is 0 Å². The van der Waals surface area contributed by atoms with Gasteiger partial charge in [0.25, 0.3) is 0 Å². The molecule has 3 heterocycles. The molecule has 164 valence electrons. The Labute approximate surface area is 178 Å². The first-order chi connectivity index (χ1) is 14.7. The Kier molecular flexibility index (Phi) is 5.62. The van der Waals surface area contributed by atoms with Crippen molar-refractivity contribution in [2.24, 2.45) is 0 Å². The molecule has 1 saturated heterocycles. The molecule has 2 unspecified atom stereocenters. The Bertz CT molecular complexity index is 1010. The Morgan fingerprint density at radius 1 is 1.06 bits per heavy atom. The zero-order valence-electron chi connectivity index (χ0n) is 17.4. The van der Waals surface area contributed by atoms with E-state index in [1.807, 2.05) is 30.5 Å². The molecule has 3 N–H and O–H groups in total. The Balaban J connectivity index is 1.47. The molecular weight excluding hydrogens is 405 g/mol. The van der Waals surface area contributed by atoms with E-state index in [2.05, 4.69) is 38.8 Å². The molecule has 31 heavy (non-hydrogen) atoms. The molecule has 0 saturated carbocycles. The van der Waals surface area contributed by atoms with Crippen LogP contribution in [0.3, 0.4) is 0 Å². The standard InChI is InChI=1S/C22H25F3N6/c1-14-12-31(20-8-5-18(10-27-20)22(23,24)25)15(2)11-30(14)13-17-9-28-29-21(17)16-3-6-19(26)7-4-16/h3-10,14-15H,11-13,26H2,1-2H3,(H,28,29). The maximum absolute atomic E-state index is 12.8. The molecule has 1 aromatic carbocycles. The van der Waals surface area contributed by atoms with Crippen molar-refractivity contribution in [2.45, 2.75) is 38.7 Å². The van der Waals surface area contributed by atoms with E-state index in [9.17, 15) is 13.2 Å². The fourth-order valence-corrected chi connectivity index (χ4v) is 4.01. The number of nitrogens with one attached hydrogen (secondary N) is 1. The largest absolute Gasteiger partial charge is 0.417 e. The summed E-state index contributed by atoms with van der Waals surface area (Å²) in [5.41, 5.74) is 8.75. The molecule has 0 radical (unpaired) electrons. The number of benzene rings is 1. The summed E-state index contributed by atoms with van der Waals surface area (Å²) in [5, 5.41) is 7.37. The first kappa shape index (κ1) is 21.2. The number of nitrogen functional groups attached to an aromatic ring is 1. The molecule has 1 fully saturated rings. The zero-order valence-corrected chi connectivity index (χ0v) is 17.4. The third-order valence-electron chi connectivity index (χ3n) is 5.76. The number of H-pyrrole nitrogens is 1. The lowest BCUT2D eigenvalue weighted by Crippen LogP contribution is -2.56. The van der Waals surface area contributed by atoms with Crippen LogP contribution in [0.5, 0.6) is 0 Å². The fourth-order valence-electron chi connectivity index (χ4n) is 4.01. The van der Waals surface area contributed by atoms with Gasteiger partial charge < -0.3 is 10.6 Å². The molecule has 1 aliphatic heterocycles. The van der Waals surface area contributed by atoms with E-state index >= 15 is 0 Å². The number of nitrogens with two attached hydrogens (primary N) is 1. The molecule has 0 amide bonds. The number of aromatic amines is 1. The number of hydrogen-bond donors (Lipinski definition) is 2. The van der Waals surface area contributed by atoms with Crippen LogP contribution in [0.15, 0.2) is 48.8 Å². The minimum atomic E-state index is -4.38. The van der Waals surface area contributed by atoms with Gasteiger partial charge in [-0.15, -0.1) is 0 Å². The van der Waals surface area contributed by atoms with Gasteiger partial charge in [0.05, 0.1) is 11.3 Å². The van der Waals surface area contributed by atoms with Crippen LogP contribution in [0.2, 0.25) is 0 Å². The van der Waals surface area contributed by atoms with Gasteiger partial charge in [0.15, 0.2) is 0 Å². The predicted molar refractivity (Wildman–Crippen MR) is 114 cm³/mol. The fraction of sp³-hybridized carbons (Fsp3) is 0.364. The van der Waals surface area contributed by atoms with Crippen LogP contribution in [-0.2, 0) is 12.7 Å². The summed E-state index contributed by atoms with van der Waals surface area (Å²) in [6, 6.07) is 10.5. The van der Waals surface area contributed by atoms with Gasteiger partial charge in [-0.25, -0.2) is 4.98 Å². The van der Waals surface area contributed by atoms with Crippen molar-refractivity contribution >= 4 is 11.5 Å². The summed E-state index contributed by atoms with van der Waals surface area (Å²) in [7, 11) is 0. The molecule has 9 heteroatoms. The van der Waals surface area contributed by atoms with Crippen LogP contribution in [0.4, 0.5) is 24.7 Å². The van der Waals surface area contributed by atoms with Gasteiger partial charge in [0, 0.05) is 60.9 Å². The maximum atomic E-state index is 12.8. The number of piperazine rings is 1. The SMILES string of the molecule is CC1CN(c2ccc(C(F)(F)F)cn2)C(C)CN1Cc1c[nH]nc1-c1ccc(N)cc1. The zero-order chi connectivity index (χ0) is 22.2. The van der Waals surface area contributed by atoms with Crippen LogP contribution in [0.1, 0.15) is 25.0 Å². The molecule has 2 atom stereocenters. The number of rotatable bonds is 4. The van der Waals surface area contributed by atoms with Gasteiger partial charge in [0.1, 0.15) is 5.82 Å². The highest BCUT2D eigenvalue weighted by molar-refractivity contribution is 5.64. The van der Waals surface area contributed by atoms with Crippen LogP contribution in [0, 0.1) is 0 Å². The average Bonchev–Trinajstić information content (AvgIpc) is 3.18. The lowest BCUT2D eigenvalue weighted by molar-refractivity contribution is -0.137. The lowest BCUT2D eigenvalue weighted by Gasteiger charge is -2.44. The molecule has 6 nitrogen and oxygen atoms in total. The Hall–Kier alpha value is -3.07. The van der Waals surface area contributed by atoms with Crippen molar-refractivity contribution in [3.05, 3.63) is 59.9 Å². The number of nitrogens with zero attached hydrogens (tertiary/aromatic N) is 4. The predicted octanol–water partition coefficient (Wildman–Crippen LogP) is 4.17. The van der Waals surface area contributed by atoms with Gasteiger partial charge in [0.2, 0.25) is 0 Å². The van der Waals surface area contributed by atoms with Crippen molar-refractivity contribution in [1.82, 2.24) is 20.1 Å². The number of aromatic nitrogens is 3. The van der Waals surface area contributed by atoms with Gasteiger partial charge >= 0.3 is 6.18 Å². The minimum absolute atomic E-state index is 0.104. The summed E-state index contributed by atoms with van der Waals surface area (Å²) < 4.78 is 38.5. The molecule has 4 rings (SSSR count). The maximum Gasteiger partial charge on any atom is 0.417 e. The Morgan fingerprint density at radius 2 is 1.81 bits per heavy atom. The summed E-state index contributed by atoms with van der Waals surface area (Å²) in [4.78, 5) is 8.50. The van der Waals surface area contributed by atoms with Crippen LogP contribution < -0.4 is 10.6 Å². The summed E-state index contributed by atoms with van der Waals surface area (Å²) >= 11 is 0. The third-order valence-corrected chi connectivity index (χ3v) is 5.76. The normalized spacial score (nSPS) is 20.2. The van der Waals surface area contributed by atoms with Crippen molar-refractivity contribution in [2.75, 3.05) is 23.7 Å². The average molecular weight is 430 g/mol. The quantitative estimate of drug-likeness (QED) is 0.608. The van der Waals surface area contributed by atoms with E-state index in [1.54, 1.807) is 0 Å². The summed E-state index contributed by atoms with van der Waals surface area (Å²) in [6.45, 7) is 6.33. The second-order valence-corrected chi connectivity index (χ2v) is 8.06. The van der Waals surface area contributed by atoms with Crippen molar-refractivity contribution in [1.29, 1.82) is 0 Å².